The Morgan fingerprint density at radius 3 is 2.58 bits per heavy atom. The van der Waals surface area contributed by atoms with Gasteiger partial charge in [0.15, 0.2) is 0 Å². The molecular formula is C12H10N2O4S. The quantitative estimate of drug-likeness (QED) is 0.861. The summed E-state index contributed by atoms with van der Waals surface area (Å²) >= 11 is 1.38. The van der Waals surface area contributed by atoms with E-state index < -0.39 is 17.4 Å². The molecule has 0 saturated carbocycles. The number of nitrogens with two attached hydrogens (primary N) is 1. The van der Waals surface area contributed by atoms with Crippen molar-refractivity contribution in [3.63, 3.8) is 0 Å². The minimum Gasteiger partial charge on any atom is -0.477 e. The fourth-order valence-electron chi connectivity index (χ4n) is 1.69. The van der Waals surface area contributed by atoms with Crippen LogP contribution in [0.2, 0.25) is 0 Å². The number of thiophene rings is 1. The number of aromatic nitrogens is 1. The third-order valence-corrected chi connectivity index (χ3v) is 3.38. The summed E-state index contributed by atoms with van der Waals surface area (Å²) in [7, 11) is 0. The van der Waals surface area contributed by atoms with Crippen LogP contribution in [0.25, 0.3) is 10.6 Å². The molecule has 6 nitrogen and oxygen atoms in total. The Balaban J connectivity index is 2.68. The molecule has 0 fully saturated rings. The molecule has 0 bridgehead atoms. The van der Waals surface area contributed by atoms with Crippen molar-refractivity contribution in [2.75, 3.05) is 0 Å². The maximum atomic E-state index is 12.0. The largest absolute Gasteiger partial charge is 0.477 e. The van der Waals surface area contributed by atoms with E-state index in [0.29, 0.717) is 5.69 Å². The number of amides is 1. The van der Waals surface area contributed by atoms with E-state index in [9.17, 15) is 14.4 Å². The zero-order chi connectivity index (χ0) is 14.0. The van der Waals surface area contributed by atoms with Crippen molar-refractivity contribution in [3.8, 4) is 10.6 Å². The second kappa shape index (κ2) is 5.07. The first-order chi connectivity index (χ1) is 9.00. The maximum absolute atomic E-state index is 12.0. The molecule has 2 heterocycles. The molecule has 0 unspecified atom stereocenters. The molecule has 2 aromatic heterocycles. The van der Waals surface area contributed by atoms with E-state index in [1.54, 1.807) is 12.1 Å². The summed E-state index contributed by atoms with van der Waals surface area (Å²) in [6.45, 7) is -0.354. The number of primary amides is 1. The normalized spacial score (nSPS) is 10.3. The van der Waals surface area contributed by atoms with Crippen LogP contribution < -0.4 is 11.3 Å². The number of carbonyl (C=O) groups is 2. The van der Waals surface area contributed by atoms with E-state index in [1.165, 1.54) is 23.5 Å². The summed E-state index contributed by atoms with van der Waals surface area (Å²) in [5, 5.41) is 10.7. The van der Waals surface area contributed by atoms with Crippen LogP contribution in [0.15, 0.2) is 34.4 Å². The number of nitrogens with zero attached hydrogens (tertiary/aromatic N) is 1. The summed E-state index contributed by atoms with van der Waals surface area (Å²) in [6, 6.07) is 6.30. The molecule has 0 saturated heterocycles. The van der Waals surface area contributed by atoms with Crippen molar-refractivity contribution in [2.45, 2.75) is 6.54 Å². The number of carboxylic acid groups (broad SMARTS) is 1. The molecule has 98 valence electrons. The summed E-state index contributed by atoms with van der Waals surface area (Å²) in [5.74, 6) is -2.04. The van der Waals surface area contributed by atoms with Crippen LogP contribution in [0.5, 0.6) is 0 Å². The predicted molar refractivity (Wildman–Crippen MR) is 70.2 cm³/mol. The number of hydrogen-bond acceptors (Lipinski definition) is 4. The van der Waals surface area contributed by atoms with Crippen molar-refractivity contribution in [2.24, 2.45) is 5.73 Å². The van der Waals surface area contributed by atoms with E-state index in [-0.39, 0.29) is 12.1 Å². The smallest absolute Gasteiger partial charge is 0.341 e. The lowest BCUT2D eigenvalue weighted by Crippen LogP contribution is -2.32. The molecule has 1 amide bonds. The van der Waals surface area contributed by atoms with Crippen molar-refractivity contribution in [3.05, 3.63) is 45.6 Å². The number of rotatable bonds is 4. The molecule has 0 aliphatic heterocycles. The topological polar surface area (TPSA) is 102 Å². The predicted octanol–water partition coefficient (Wildman–Crippen LogP) is 0.760. The van der Waals surface area contributed by atoms with Gasteiger partial charge in [-0.15, -0.1) is 11.3 Å². The highest BCUT2D eigenvalue weighted by Gasteiger charge is 2.16. The number of carboxylic acids is 1. The van der Waals surface area contributed by atoms with Gasteiger partial charge in [0.05, 0.1) is 10.6 Å². The van der Waals surface area contributed by atoms with Gasteiger partial charge < -0.3 is 10.8 Å². The number of hydrogen-bond donors (Lipinski definition) is 2. The summed E-state index contributed by atoms with van der Waals surface area (Å²) in [5.41, 5.74) is 4.45. The Morgan fingerprint density at radius 1 is 1.32 bits per heavy atom. The highest BCUT2D eigenvalue weighted by molar-refractivity contribution is 7.13. The fourth-order valence-corrected chi connectivity index (χ4v) is 2.45. The Labute approximate surface area is 111 Å². The standard InChI is InChI=1S/C12H10N2O4S/c13-10(15)6-14-8(9-2-1-5-19-9)4-3-7(11(14)16)12(17)18/h1-5H,6H2,(H2,13,15)(H,17,18). The summed E-state index contributed by atoms with van der Waals surface area (Å²) in [4.78, 5) is 34.8. The number of pyridine rings is 1. The molecule has 2 rings (SSSR count). The van der Waals surface area contributed by atoms with E-state index in [0.717, 1.165) is 9.44 Å². The first-order valence-corrected chi connectivity index (χ1v) is 6.18. The third-order valence-electron chi connectivity index (χ3n) is 2.49. The van der Waals surface area contributed by atoms with Gasteiger partial charge >= 0.3 is 5.97 Å². The van der Waals surface area contributed by atoms with Gasteiger partial charge in [0.1, 0.15) is 12.1 Å². The molecule has 3 N–H and O–H groups in total. The molecule has 7 heteroatoms. The van der Waals surface area contributed by atoms with Gasteiger partial charge in [-0.3, -0.25) is 14.2 Å². The molecule has 0 aliphatic carbocycles. The molecular weight excluding hydrogens is 268 g/mol. The second-order valence-electron chi connectivity index (χ2n) is 3.77. The fraction of sp³-hybridized carbons (Fsp3) is 0.0833. The molecule has 0 spiro atoms. The van der Waals surface area contributed by atoms with Crippen LogP contribution in [0, 0.1) is 0 Å². The van der Waals surface area contributed by atoms with Crippen molar-refractivity contribution < 1.29 is 14.7 Å². The van der Waals surface area contributed by atoms with Gasteiger partial charge in [0.25, 0.3) is 5.56 Å². The average molecular weight is 278 g/mol. The molecule has 0 aliphatic rings. The zero-order valence-electron chi connectivity index (χ0n) is 9.70. The lowest BCUT2D eigenvalue weighted by atomic mass is 10.2. The van der Waals surface area contributed by atoms with Crippen LogP contribution in [-0.2, 0) is 11.3 Å². The van der Waals surface area contributed by atoms with Gasteiger partial charge in [-0.1, -0.05) is 6.07 Å². The van der Waals surface area contributed by atoms with Crippen LogP contribution >= 0.6 is 11.3 Å². The van der Waals surface area contributed by atoms with Crippen LogP contribution in [0.1, 0.15) is 10.4 Å². The molecule has 0 radical (unpaired) electrons. The summed E-state index contributed by atoms with van der Waals surface area (Å²) < 4.78 is 1.08. The minimum absolute atomic E-state index is 0.354. The molecule has 0 aromatic carbocycles. The van der Waals surface area contributed by atoms with Crippen LogP contribution in [0.3, 0.4) is 0 Å². The van der Waals surface area contributed by atoms with E-state index in [2.05, 4.69) is 0 Å². The van der Waals surface area contributed by atoms with Crippen molar-refractivity contribution >= 4 is 23.2 Å². The minimum atomic E-state index is -1.33. The molecule has 19 heavy (non-hydrogen) atoms. The van der Waals surface area contributed by atoms with E-state index in [1.807, 2.05) is 5.38 Å². The molecule has 0 atom stereocenters. The highest BCUT2D eigenvalue weighted by Crippen LogP contribution is 2.23. The first-order valence-electron chi connectivity index (χ1n) is 5.30. The van der Waals surface area contributed by atoms with Crippen molar-refractivity contribution in [1.29, 1.82) is 0 Å². The van der Waals surface area contributed by atoms with Crippen molar-refractivity contribution in [1.82, 2.24) is 4.57 Å². The Hall–Kier alpha value is -2.41. The molecule has 2 aromatic rings. The van der Waals surface area contributed by atoms with E-state index >= 15 is 0 Å². The Bertz CT molecular complexity index is 688. The van der Waals surface area contributed by atoms with Gasteiger partial charge in [-0.2, -0.15) is 0 Å². The van der Waals surface area contributed by atoms with Crippen LogP contribution in [-0.4, -0.2) is 21.6 Å². The highest BCUT2D eigenvalue weighted by atomic mass is 32.1. The SMILES string of the molecule is NC(=O)Cn1c(-c2cccs2)ccc(C(=O)O)c1=O. The van der Waals surface area contributed by atoms with Gasteiger partial charge in [-0.05, 0) is 23.6 Å². The van der Waals surface area contributed by atoms with E-state index in [4.69, 9.17) is 10.8 Å². The first kappa shape index (κ1) is 13.0. The second-order valence-corrected chi connectivity index (χ2v) is 4.72. The Morgan fingerprint density at radius 2 is 2.05 bits per heavy atom. The summed E-state index contributed by atoms with van der Waals surface area (Å²) in [6.07, 6.45) is 0. The van der Waals surface area contributed by atoms with Gasteiger partial charge in [0.2, 0.25) is 5.91 Å². The average Bonchev–Trinajstić information content (AvgIpc) is 2.84. The Kier molecular flexibility index (Phi) is 3.48. The van der Waals surface area contributed by atoms with Crippen LogP contribution in [0.4, 0.5) is 0 Å². The number of carbonyl (C=O) groups excluding carboxylic acids is 1. The lowest BCUT2D eigenvalue weighted by molar-refractivity contribution is -0.118. The lowest BCUT2D eigenvalue weighted by Gasteiger charge is -2.10. The number of aromatic carboxylic acids is 1. The van der Waals surface area contributed by atoms with Gasteiger partial charge in [-0.25, -0.2) is 4.79 Å². The van der Waals surface area contributed by atoms with Gasteiger partial charge in [0, 0.05) is 0 Å². The monoisotopic (exact) mass is 278 g/mol. The third kappa shape index (κ3) is 2.55. The maximum Gasteiger partial charge on any atom is 0.341 e. The zero-order valence-corrected chi connectivity index (χ0v) is 10.5.